The van der Waals surface area contributed by atoms with Crippen molar-refractivity contribution in [1.29, 1.82) is 0 Å². The third-order valence-electron chi connectivity index (χ3n) is 4.95. The molecule has 0 aromatic carbocycles. The first-order valence-electron chi connectivity index (χ1n) is 8.34. The first-order chi connectivity index (χ1) is 9.75. The van der Waals surface area contributed by atoms with Crippen molar-refractivity contribution >= 4 is 11.8 Å². The van der Waals surface area contributed by atoms with Crippen LogP contribution in [0.2, 0.25) is 0 Å². The number of hydrogen-bond acceptors (Lipinski definition) is 2. The smallest absolute Gasteiger partial charge is 0.227 e. The van der Waals surface area contributed by atoms with E-state index in [1.54, 1.807) is 0 Å². The molecule has 0 unspecified atom stereocenters. The number of carbonyl (C=O) groups excluding carboxylic acids is 2. The minimum atomic E-state index is 0.0627. The Morgan fingerprint density at radius 3 is 2.25 bits per heavy atom. The highest BCUT2D eigenvalue weighted by atomic mass is 16.2. The summed E-state index contributed by atoms with van der Waals surface area (Å²) in [4.78, 5) is 28.7. The predicted molar refractivity (Wildman–Crippen MR) is 77.1 cm³/mol. The van der Waals surface area contributed by atoms with Crippen molar-refractivity contribution in [3.05, 3.63) is 0 Å². The van der Waals surface area contributed by atoms with Gasteiger partial charge in [-0.05, 0) is 32.1 Å². The molecule has 0 aromatic heterocycles. The molecule has 1 aliphatic carbocycles. The van der Waals surface area contributed by atoms with E-state index in [9.17, 15) is 9.59 Å². The van der Waals surface area contributed by atoms with Gasteiger partial charge in [0, 0.05) is 32.1 Å². The van der Waals surface area contributed by atoms with Crippen LogP contribution in [0.5, 0.6) is 0 Å². The molecule has 3 fully saturated rings. The number of hydrogen-bond donors (Lipinski definition) is 0. The monoisotopic (exact) mass is 278 g/mol. The summed E-state index contributed by atoms with van der Waals surface area (Å²) in [6, 6.07) is 0.449. The number of carbonyl (C=O) groups is 2. The molecule has 20 heavy (non-hydrogen) atoms. The van der Waals surface area contributed by atoms with Crippen molar-refractivity contribution in [3.63, 3.8) is 0 Å². The third-order valence-corrected chi connectivity index (χ3v) is 4.95. The summed E-state index contributed by atoms with van der Waals surface area (Å²) in [6.07, 6.45) is 9.70. The lowest BCUT2D eigenvalue weighted by atomic mass is 9.95. The zero-order chi connectivity index (χ0) is 13.9. The number of piperidine rings is 1. The zero-order valence-electron chi connectivity index (χ0n) is 12.4. The van der Waals surface area contributed by atoms with E-state index in [0.29, 0.717) is 24.9 Å². The van der Waals surface area contributed by atoms with Crippen molar-refractivity contribution in [3.8, 4) is 0 Å². The van der Waals surface area contributed by atoms with Crippen LogP contribution in [0, 0.1) is 5.92 Å². The van der Waals surface area contributed by atoms with Crippen LogP contribution in [-0.4, -0.2) is 47.3 Å². The molecule has 0 N–H and O–H groups in total. The van der Waals surface area contributed by atoms with E-state index < -0.39 is 0 Å². The molecular weight excluding hydrogens is 252 g/mol. The van der Waals surface area contributed by atoms with Gasteiger partial charge >= 0.3 is 0 Å². The highest BCUT2D eigenvalue weighted by Crippen LogP contribution is 2.32. The van der Waals surface area contributed by atoms with Gasteiger partial charge < -0.3 is 9.80 Å². The van der Waals surface area contributed by atoms with E-state index in [0.717, 1.165) is 45.2 Å². The van der Waals surface area contributed by atoms with Crippen molar-refractivity contribution in [1.82, 2.24) is 9.80 Å². The molecule has 2 aliphatic heterocycles. The standard InChI is InChI=1S/C16H26N2O2/c19-15-9-6-13(12-18(15)14-7-8-14)16(20)17-10-4-2-1-3-5-11-17/h13-14H,1-12H2/t13-/m1/s1. The van der Waals surface area contributed by atoms with Gasteiger partial charge in [0.25, 0.3) is 0 Å². The first kappa shape index (κ1) is 13.9. The fourth-order valence-corrected chi connectivity index (χ4v) is 3.54. The largest absolute Gasteiger partial charge is 0.342 e. The molecule has 0 spiro atoms. The molecule has 3 rings (SSSR count). The maximum absolute atomic E-state index is 12.7. The Labute approximate surface area is 121 Å². The summed E-state index contributed by atoms with van der Waals surface area (Å²) in [5.41, 5.74) is 0. The molecule has 4 nitrogen and oxygen atoms in total. The summed E-state index contributed by atoms with van der Waals surface area (Å²) in [6.45, 7) is 2.53. The number of amides is 2. The Balaban J connectivity index is 1.59. The van der Waals surface area contributed by atoms with Crippen molar-refractivity contribution in [2.24, 2.45) is 5.92 Å². The fourth-order valence-electron chi connectivity index (χ4n) is 3.54. The fraction of sp³-hybridized carbons (Fsp3) is 0.875. The van der Waals surface area contributed by atoms with Gasteiger partial charge in [0.05, 0.1) is 5.92 Å². The summed E-state index contributed by atoms with van der Waals surface area (Å²) in [5, 5.41) is 0. The molecule has 4 heteroatoms. The van der Waals surface area contributed by atoms with Crippen LogP contribution >= 0.6 is 0 Å². The van der Waals surface area contributed by atoms with Crippen molar-refractivity contribution in [2.75, 3.05) is 19.6 Å². The topological polar surface area (TPSA) is 40.6 Å². The summed E-state index contributed by atoms with van der Waals surface area (Å²) in [7, 11) is 0. The van der Waals surface area contributed by atoms with E-state index in [2.05, 4.69) is 4.90 Å². The van der Waals surface area contributed by atoms with E-state index >= 15 is 0 Å². The molecule has 0 radical (unpaired) electrons. The van der Waals surface area contributed by atoms with Crippen LogP contribution < -0.4 is 0 Å². The van der Waals surface area contributed by atoms with Crippen molar-refractivity contribution in [2.45, 2.75) is 63.8 Å². The molecule has 1 atom stereocenters. The average Bonchev–Trinajstić information content (AvgIpc) is 3.22. The molecule has 2 saturated heterocycles. The molecule has 3 aliphatic rings. The summed E-state index contributed by atoms with van der Waals surface area (Å²) in [5.74, 6) is 0.641. The molecule has 1 saturated carbocycles. The van der Waals surface area contributed by atoms with Gasteiger partial charge in [0.15, 0.2) is 0 Å². The Bertz CT molecular complexity index is 371. The van der Waals surface area contributed by atoms with E-state index in [-0.39, 0.29) is 11.8 Å². The van der Waals surface area contributed by atoms with Crippen LogP contribution in [0.25, 0.3) is 0 Å². The third kappa shape index (κ3) is 3.15. The van der Waals surface area contributed by atoms with Crippen LogP contribution in [0.15, 0.2) is 0 Å². The van der Waals surface area contributed by atoms with E-state index in [4.69, 9.17) is 0 Å². The molecule has 2 amide bonds. The average molecular weight is 278 g/mol. The second-order valence-electron chi connectivity index (χ2n) is 6.61. The van der Waals surface area contributed by atoms with Crippen LogP contribution in [0.4, 0.5) is 0 Å². The lowest BCUT2D eigenvalue weighted by molar-refractivity contribution is -0.143. The van der Waals surface area contributed by atoms with Gasteiger partial charge in [0.2, 0.25) is 11.8 Å². The summed E-state index contributed by atoms with van der Waals surface area (Å²) < 4.78 is 0. The van der Waals surface area contributed by atoms with Crippen LogP contribution in [0.3, 0.4) is 0 Å². The normalized spacial score (nSPS) is 29.0. The predicted octanol–water partition coefficient (Wildman–Crippen LogP) is 2.18. The second kappa shape index (κ2) is 6.15. The van der Waals surface area contributed by atoms with Gasteiger partial charge in [-0.25, -0.2) is 0 Å². The van der Waals surface area contributed by atoms with Gasteiger partial charge in [-0.3, -0.25) is 9.59 Å². The highest BCUT2D eigenvalue weighted by Gasteiger charge is 2.39. The quantitative estimate of drug-likeness (QED) is 0.777. The van der Waals surface area contributed by atoms with E-state index in [1.807, 2.05) is 4.90 Å². The molecular formula is C16H26N2O2. The lowest BCUT2D eigenvalue weighted by Gasteiger charge is -2.35. The molecule has 0 bridgehead atoms. The SMILES string of the molecule is O=C([C@@H]1CCC(=O)N(C2CC2)C1)N1CCCCCCC1. The summed E-state index contributed by atoms with van der Waals surface area (Å²) >= 11 is 0. The lowest BCUT2D eigenvalue weighted by Crippen LogP contribution is -2.48. The number of nitrogens with zero attached hydrogens (tertiary/aromatic N) is 2. The minimum absolute atomic E-state index is 0.0627. The second-order valence-corrected chi connectivity index (χ2v) is 6.61. The minimum Gasteiger partial charge on any atom is -0.342 e. The maximum Gasteiger partial charge on any atom is 0.227 e. The molecule has 2 heterocycles. The Kier molecular flexibility index (Phi) is 4.27. The van der Waals surface area contributed by atoms with Gasteiger partial charge in [0.1, 0.15) is 0 Å². The van der Waals surface area contributed by atoms with Gasteiger partial charge in [-0.1, -0.05) is 19.3 Å². The van der Waals surface area contributed by atoms with Crippen LogP contribution in [-0.2, 0) is 9.59 Å². The Morgan fingerprint density at radius 1 is 0.950 bits per heavy atom. The van der Waals surface area contributed by atoms with Gasteiger partial charge in [-0.15, -0.1) is 0 Å². The van der Waals surface area contributed by atoms with Gasteiger partial charge in [-0.2, -0.15) is 0 Å². The Hall–Kier alpha value is -1.06. The van der Waals surface area contributed by atoms with E-state index in [1.165, 1.54) is 19.3 Å². The highest BCUT2D eigenvalue weighted by molar-refractivity contribution is 5.84. The number of rotatable bonds is 2. The zero-order valence-corrected chi connectivity index (χ0v) is 12.4. The Morgan fingerprint density at radius 2 is 1.60 bits per heavy atom. The first-order valence-corrected chi connectivity index (χ1v) is 8.34. The molecule has 112 valence electrons. The maximum atomic E-state index is 12.7. The van der Waals surface area contributed by atoms with Crippen LogP contribution in [0.1, 0.15) is 57.8 Å². The van der Waals surface area contributed by atoms with Crippen molar-refractivity contribution < 1.29 is 9.59 Å². The molecule has 0 aromatic rings. The number of likely N-dealkylation sites (tertiary alicyclic amines) is 2.